The van der Waals surface area contributed by atoms with Crippen LogP contribution >= 0.6 is 23.2 Å². The van der Waals surface area contributed by atoms with Gasteiger partial charge in [0.25, 0.3) is 5.91 Å². The number of rotatable bonds is 6. The predicted octanol–water partition coefficient (Wildman–Crippen LogP) is 5.98. The van der Waals surface area contributed by atoms with Crippen LogP contribution in [0.5, 0.6) is 5.75 Å². The van der Waals surface area contributed by atoms with Gasteiger partial charge in [0.15, 0.2) is 0 Å². The van der Waals surface area contributed by atoms with E-state index in [9.17, 15) is 9.18 Å². The van der Waals surface area contributed by atoms with Gasteiger partial charge in [-0.1, -0.05) is 41.4 Å². The number of hydrogen-bond acceptors (Lipinski definition) is 3. The number of carbonyl (C=O) groups is 1. The molecule has 1 aliphatic heterocycles. The van der Waals surface area contributed by atoms with Crippen LogP contribution in [-0.4, -0.2) is 41.9 Å². The lowest BCUT2D eigenvalue weighted by molar-refractivity contribution is 0.0627. The Kier molecular flexibility index (Phi) is 7.53. The van der Waals surface area contributed by atoms with Crippen molar-refractivity contribution in [2.75, 3.05) is 26.2 Å². The fourth-order valence-electron chi connectivity index (χ4n) is 3.82. The molecule has 0 aromatic heterocycles. The number of carbonyl (C=O) groups excluding carboxylic acids is 1. The Hall–Kier alpha value is -2.60. The second-order valence-electron chi connectivity index (χ2n) is 8.17. The van der Waals surface area contributed by atoms with Crippen molar-refractivity contribution in [1.29, 1.82) is 0 Å². The lowest BCUT2D eigenvalue weighted by Gasteiger charge is -2.35. The quantitative estimate of drug-likeness (QED) is 0.429. The fraction of sp³-hybridized carbons (Fsp3) is 0.269. The van der Waals surface area contributed by atoms with Crippen LogP contribution in [0.15, 0.2) is 60.7 Å². The van der Waals surface area contributed by atoms with Gasteiger partial charge in [0.05, 0.1) is 0 Å². The maximum Gasteiger partial charge on any atom is 0.253 e. The molecule has 1 heterocycles. The highest BCUT2D eigenvalue weighted by atomic mass is 35.5. The molecule has 0 N–H and O–H groups in total. The highest BCUT2D eigenvalue weighted by molar-refractivity contribution is 6.31. The van der Waals surface area contributed by atoms with Gasteiger partial charge in [-0.15, -0.1) is 0 Å². The van der Waals surface area contributed by atoms with Gasteiger partial charge >= 0.3 is 0 Å². The Morgan fingerprint density at radius 2 is 1.70 bits per heavy atom. The molecule has 0 unspecified atom stereocenters. The second-order valence-corrected chi connectivity index (χ2v) is 8.98. The Bertz CT molecular complexity index is 1110. The Labute approximate surface area is 203 Å². The van der Waals surface area contributed by atoms with Crippen LogP contribution in [0.3, 0.4) is 0 Å². The van der Waals surface area contributed by atoms with Crippen LogP contribution in [0.1, 0.15) is 27.0 Å². The molecule has 4 nitrogen and oxygen atoms in total. The lowest BCUT2D eigenvalue weighted by atomic mass is 10.1. The third kappa shape index (κ3) is 5.85. The van der Waals surface area contributed by atoms with Gasteiger partial charge in [0.2, 0.25) is 0 Å². The first-order valence-corrected chi connectivity index (χ1v) is 11.6. The number of nitrogens with zero attached hydrogens (tertiary/aromatic N) is 2. The molecule has 4 rings (SSSR count). The van der Waals surface area contributed by atoms with Crippen LogP contribution in [0.2, 0.25) is 10.0 Å². The normalized spacial score (nSPS) is 14.4. The van der Waals surface area contributed by atoms with Crippen LogP contribution in [0, 0.1) is 12.7 Å². The predicted molar refractivity (Wildman–Crippen MR) is 130 cm³/mol. The van der Waals surface area contributed by atoms with Gasteiger partial charge < -0.3 is 9.64 Å². The van der Waals surface area contributed by atoms with Gasteiger partial charge in [-0.2, -0.15) is 0 Å². The number of ether oxygens (including phenoxy) is 1. The molecule has 0 saturated carbocycles. The molecule has 0 bridgehead atoms. The summed E-state index contributed by atoms with van der Waals surface area (Å²) in [6.07, 6.45) is 0. The smallest absolute Gasteiger partial charge is 0.253 e. The highest BCUT2D eigenvalue weighted by Crippen LogP contribution is 2.23. The maximum atomic E-state index is 14.1. The number of aryl methyl sites for hydroxylation is 1. The number of benzene rings is 3. The van der Waals surface area contributed by atoms with Crippen molar-refractivity contribution in [3.8, 4) is 5.75 Å². The molecule has 1 saturated heterocycles. The molecule has 0 atom stereocenters. The van der Waals surface area contributed by atoms with Crippen molar-refractivity contribution in [2.45, 2.75) is 20.1 Å². The van der Waals surface area contributed by atoms with Crippen LogP contribution in [-0.2, 0) is 13.2 Å². The van der Waals surface area contributed by atoms with Gasteiger partial charge in [-0.05, 0) is 60.5 Å². The highest BCUT2D eigenvalue weighted by Gasteiger charge is 2.23. The third-order valence-corrected chi connectivity index (χ3v) is 6.62. The van der Waals surface area contributed by atoms with Crippen molar-refractivity contribution in [3.63, 3.8) is 0 Å². The van der Waals surface area contributed by atoms with Crippen molar-refractivity contribution >= 4 is 29.1 Å². The van der Waals surface area contributed by atoms with E-state index in [0.717, 1.165) is 16.9 Å². The van der Waals surface area contributed by atoms with Crippen molar-refractivity contribution in [2.24, 2.45) is 0 Å². The largest absolute Gasteiger partial charge is 0.489 e. The summed E-state index contributed by atoms with van der Waals surface area (Å²) in [5.74, 6) is 0.460. The van der Waals surface area contributed by atoms with Crippen LogP contribution in [0.25, 0.3) is 0 Å². The molecule has 1 aliphatic rings. The van der Waals surface area contributed by atoms with E-state index in [0.29, 0.717) is 60.5 Å². The summed E-state index contributed by atoms with van der Waals surface area (Å²) >= 11 is 12.2. The van der Waals surface area contributed by atoms with E-state index in [1.165, 1.54) is 6.07 Å². The molecule has 1 fully saturated rings. The molecule has 0 spiro atoms. The summed E-state index contributed by atoms with van der Waals surface area (Å²) < 4.78 is 19.9. The van der Waals surface area contributed by atoms with Crippen molar-refractivity contribution < 1.29 is 13.9 Å². The summed E-state index contributed by atoms with van der Waals surface area (Å²) in [6.45, 7) is 5.30. The van der Waals surface area contributed by atoms with Crippen LogP contribution in [0.4, 0.5) is 4.39 Å². The summed E-state index contributed by atoms with van der Waals surface area (Å²) in [5, 5.41) is 1.14. The Morgan fingerprint density at radius 1 is 0.970 bits per heavy atom. The summed E-state index contributed by atoms with van der Waals surface area (Å²) in [6, 6.07) is 17.8. The van der Waals surface area contributed by atoms with Crippen molar-refractivity contribution in [1.82, 2.24) is 9.80 Å². The summed E-state index contributed by atoms with van der Waals surface area (Å²) in [5.41, 5.74) is 3.09. The molecule has 7 heteroatoms. The average Bonchev–Trinajstić information content (AvgIpc) is 2.82. The SMILES string of the molecule is Cc1cc(OCc2ccc(C(=O)N3CCN(Cc4c(F)cccc4Cl)CC3)cc2)ccc1Cl. The zero-order valence-electron chi connectivity index (χ0n) is 18.4. The van der Waals surface area contributed by atoms with E-state index in [4.69, 9.17) is 27.9 Å². The standard InChI is InChI=1S/C26H25Cl2FN2O2/c1-18-15-21(9-10-23(18)27)33-17-19-5-7-20(8-6-19)26(32)31-13-11-30(12-14-31)16-22-24(28)3-2-4-25(22)29/h2-10,15H,11-14,16-17H2,1H3. The molecular formula is C26H25Cl2FN2O2. The van der Waals surface area contributed by atoms with Gasteiger partial charge in [0.1, 0.15) is 18.2 Å². The third-order valence-electron chi connectivity index (χ3n) is 5.84. The van der Waals surface area contributed by atoms with E-state index in [-0.39, 0.29) is 11.7 Å². The zero-order chi connectivity index (χ0) is 23.4. The second kappa shape index (κ2) is 10.6. The number of halogens is 3. The number of piperazine rings is 1. The van der Waals surface area contributed by atoms with Gasteiger partial charge in [0, 0.05) is 53.9 Å². The monoisotopic (exact) mass is 486 g/mol. The van der Waals surface area contributed by atoms with Crippen LogP contribution < -0.4 is 4.74 Å². The Morgan fingerprint density at radius 3 is 2.36 bits per heavy atom. The molecule has 33 heavy (non-hydrogen) atoms. The molecule has 1 amide bonds. The average molecular weight is 487 g/mol. The van der Waals surface area contributed by atoms with E-state index in [1.807, 2.05) is 54.3 Å². The summed E-state index contributed by atoms with van der Waals surface area (Å²) in [4.78, 5) is 16.9. The summed E-state index contributed by atoms with van der Waals surface area (Å²) in [7, 11) is 0. The minimum atomic E-state index is -0.295. The van der Waals surface area contributed by atoms with E-state index >= 15 is 0 Å². The first kappa shape index (κ1) is 23.6. The lowest BCUT2D eigenvalue weighted by Crippen LogP contribution is -2.48. The topological polar surface area (TPSA) is 32.8 Å². The number of amides is 1. The number of hydrogen-bond donors (Lipinski definition) is 0. The van der Waals surface area contributed by atoms with E-state index < -0.39 is 0 Å². The first-order valence-electron chi connectivity index (χ1n) is 10.8. The zero-order valence-corrected chi connectivity index (χ0v) is 19.9. The molecule has 3 aromatic carbocycles. The Balaban J connectivity index is 1.29. The molecular weight excluding hydrogens is 462 g/mol. The van der Waals surface area contributed by atoms with Gasteiger partial charge in [-0.3, -0.25) is 9.69 Å². The van der Waals surface area contributed by atoms with E-state index in [2.05, 4.69) is 4.90 Å². The van der Waals surface area contributed by atoms with Gasteiger partial charge in [-0.25, -0.2) is 4.39 Å². The van der Waals surface area contributed by atoms with Crippen molar-refractivity contribution in [3.05, 3.63) is 98.8 Å². The molecule has 172 valence electrons. The minimum Gasteiger partial charge on any atom is -0.489 e. The first-order chi connectivity index (χ1) is 15.9. The fourth-order valence-corrected chi connectivity index (χ4v) is 4.16. The maximum absolute atomic E-state index is 14.1. The molecule has 3 aromatic rings. The minimum absolute atomic E-state index is 0.000585. The molecule has 0 aliphatic carbocycles. The van der Waals surface area contributed by atoms with E-state index in [1.54, 1.807) is 12.1 Å². The molecule has 0 radical (unpaired) electrons.